The van der Waals surface area contributed by atoms with Gasteiger partial charge in [0.1, 0.15) is 5.75 Å². The molecule has 0 aliphatic heterocycles. The molecule has 1 aromatic carbocycles. The van der Waals surface area contributed by atoms with E-state index in [9.17, 15) is 0 Å². The Bertz CT molecular complexity index is 618. The fourth-order valence-electron chi connectivity index (χ4n) is 3.32. The largest absolute Gasteiger partial charge is 0.494 e. The van der Waals surface area contributed by atoms with Gasteiger partial charge >= 0.3 is 0 Å². The maximum atomic E-state index is 5.89. The number of unbranched alkanes of at least 4 members (excludes halogenated alkanes) is 6. The van der Waals surface area contributed by atoms with Gasteiger partial charge in [-0.2, -0.15) is 0 Å². The monoisotopic (exact) mass is 367 g/mol. The highest BCUT2D eigenvalue weighted by Crippen LogP contribution is 2.25. The van der Waals surface area contributed by atoms with E-state index in [1.165, 1.54) is 56.1 Å². The number of aromatic nitrogens is 1. The Labute approximate surface area is 166 Å². The van der Waals surface area contributed by atoms with Gasteiger partial charge in [-0.15, -0.1) is 0 Å². The SMILES string of the molecule is CCCCCCCCOc1ccc(C(C)c2ccc(CCCC)cn2)cc1. The molecule has 148 valence electrons. The van der Waals surface area contributed by atoms with Crippen molar-refractivity contribution in [1.29, 1.82) is 0 Å². The van der Waals surface area contributed by atoms with Crippen molar-refractivity contribution in [2.75, 3.05) is 6.61 Å². The van der Waals surface area contributed by atoms with Crippen LogP contribution >= 0.6 is 0 Å². The summed E-state index contributed by atoms with van der Waals surface area (Å²) in [6.45, 7) is 7.53. The van der Waals surface area contributed by atoms with Gasteiger partial charge in [-0.3, -0.25) is 4.98 Å². The lowest BCUT2D eigenvalue weighted by atomic mass is 9.96. The predicted octanol–water partition coefficient (Wildman–Crippen LogP) is 7.32. The molecule has 1 aromatic heterocycles. The number of nitrogens with zero attached hydrogens (tertiary/aromatic N) is 1. The van der Waals surface area contributed by atoms with Crippen LogP contribution in [0.25, 0.3) is 0 Å². The normalized spacial score (nSPS) is 12.1. The molecule has 0 spiro atoms. The molecule has 2 aromatic rings. The van der Waals surface area contributed by atoms with Crippen LogP contribution in [-0.4, -0.2) is 11.6 Å². The van der Waals surface area contributed by atoms with Gasteiger partial charge in [0, 0.05) is 17.8 Å². The van der Waals surface area contributed by atoms with Gasteiger partial charge in [-0.1, -0.05) is 77.5 Å². The first-order valence-corrected chi connectivity index (χ1v) is 10.9. The van der Waals surface area contributed by atoms with Crippen LogP contribution in [0.2, 0.25) is 0 Å². The van der Waals surface area contributed by atoms with Crippen molar-refractivity contribution in [2.45, 2.75) is 84.5 Å². The minimum Gasteiger partial charge on any atom is -0.494 e. The van der Waals surface area contributed by atoms with Gasteiger partial charge in [0.05, 0.1) is 6.61 Å². The van der Waals surface area contributed by atoms with E-state index in [1.807, 2.05) is 6.20 Å². The Morgan fingerprint density at radius 1 is 0.815 bits per heavy atom. The molecule has 1 heterocycles. The summed E-state index contributed by atoms with van der Waals surface area (Å²) in [7, 11) is 0. The summed E-state index contributed by atoms with van der Waals surface area (Å²) < 4.78 is 5.89. The standard InChI is InChI=1S/C25H37NO/c1-4-6-8-9-10-11-19-27-24-16-14-23(15-17-24)21(3)25-18-13-22(20-26-25)12-7-5-2/h13-18,20-21H,4-12,19H2,1-3H3. The van der Waals surface area contributed by atoms with E-state index in [0.29, 0.717) is 5.92 Å². The van der Waals surface area contributed by atoms with E-state index in [2.05, 4.69) is 57.2 Å². The summed E-state index contributed by atoms with van der Waals surface area (Å²) >= 11 is 0. The minimum atomic E-state index is 0.304. The molecule has 0 aliphatic carbocycles. The summed E-state index contributed by atoms with van der Waals surface area (Å²) in [5.74, 6) is 1.28. The molecule has 0 amide bonds. The Morgan fingerprint density at radius 3 is 2.19 bits per heavy atom. The summed E-state index contributed by atoms with van der Waals surface area (Å²) in [4.78, 5) is 4.69. The van der Waals surface area contributed by atoms with Crippen LogP contribution in [0.1, 0.15) is 94.9 Å². The summed E-state index contributed by atoms with van der Waals surface area (Å²) in [6.07, 6.45) is 13.4. The first kappa shape index (κ1) is 21.5. The van der Waals surface area contributed by atoms with Crippen LogP contribution in [0.5, 0.6) is 5.75 Å². The molecule has 27 heavy (non-hydrogen) atoms. The summed E-state index contributed by atoms with van der Waals surface area (Å²) in [5.41, 5.74) is 3.76. The van der Waals surface area contributed by atoms with Crippen LogP contribution in [0.3, 0.4) is 0 Å². The maximum Gasteiger partial charge on any atom is 0.119 e. The van der Waals surface area contributed by atoms with Crippen molar-refractivity contribution >= 4 is 0 Å². The lowest BCUT2D eigenvalue weighted by Crippen LogP contribution is -2.01. The van der Waals surface area contributed by atoms with Crippen molar-refractivity contribution < 1.29 is 4.74 Å². The predicted molar refractivity (Wildman–Crippen MR) is 116 cm³/mol. The second-order valence-electron chi connectivity index (χ2n) is 7.60. The number of benzene rings is 1. The maximum absolute atomic E-state index is 5.89. The molecule has 0 fully saturated rings. The fraction of sp³-hybridized carbons (Fsp3) is 0.560. The van der Waals surface area contributed by atoms with E-state index in [0.717, 1.165) is 30.9 Å². The third kappa shape index (κ3) is 7.74. The molecule has 2 heteroatoms. The Kier molecular flexibility index (Phi) is 9.97. The lowest BCUT2D eigenvalue weighted by molar-refractivity contribution is 0.304. The number of ether oxygens (including phenoxy) is 1. The molecule has 0 radical (unpaired) electrons. The number of pyridine rings is 1. The molecule has 1 atom stereocenters. The van der Waals surface area contributed by atoms with Gasteiger partial charge in [-0.25, -0.2) is 0 Å². The molecule has 0 saturated carbocycles. The van der Waals surface area contributed by atoms with Gasteiger partial charge in [-0.05, 0) is 48.6 Å². The quantitative estimate of drug-likeness (QED) is 0.346. The molecular formula is C25H37NO. The van der Waals surface area contributed by atoms with Gasteiger partial charge in [0.15, 0.2) is 0 Å². The van der Waals surface area contributed by atoms with E-state index in [-0.39, 0.29) is 0 Å². The smallest absolute Gasteiger partial charge is 0.119 e. The fourth-order valence-corrected chi connectivity index (χ4v) is 3.32. The Morgan fingerprint density at radius 2 is 1.52 bits per heavy atom. The van der Waals surface area contributed by atoms with E-state index in [4.69, 9.17) is 9.72 Å². The zero-order valence-corrected chi connectivity index (χ0v) is 17.5. The molecule has 2 nitrogen and oxygen atoms in total. The molecule has 0 bridgehead atoms. The number of hydrogen-bond acceptors (Lipinski definition) is 2. The van der Waals surface area contributed by atoms with Gasteiger partial charge < -0.3 is 4.74 Å². The molecule has 1 unspecified atom stereocenters. The van der Waals surface area contributed by atoms with Crippen LogP contribution in [0.4, 0.5) is 0 Å². The van der Waals surface area contributed by atoms with Crippen LogP contribution in [0.15, 0.2) is 42.6 Å². The first-order valence-electron chi connectivity index (χ1n) is 10.9. The zero-order valence-electron chi connectivity index (χ0n) is 17.5. The highest BCUT2D eigenvalue weighted by molar-refractivity contribution is 5.33. The number of aryl methyl sites for hydroxylation is 1. The molecule has 0 aliphatic rings. The highest BCUT2D eigenvalue weighted by atomic mass is 16.5. The number of rotatable bonds is 13. The van der Waals surface area contributed by atoms with Crippen molar-refractivity contribution in [3.8, 4) is 5.75 Å². The van der Waals surface area contributed by atoms with Crippen LogP contribution in [-0.2, 0) is 6.42 Å². The van der Waals surface area contributed by atoms with Crippen molar-refractivity contribution in [3.63, 3.8) is 0 Å². The molecule has 0 N–H and O–H groups in total. The van der Waals surface area contributed by atoms with Crippen LogP contribution in [0, 0.1) is 0 Å². The topological polar surface area (TPSA) is 22.1 Å². The van der Waals surface area contributed by atoms with Gasteiger partial charge in [0.25, 0.3) is 0 Å². The second-order valence-corrected chi connectivity index (χ2v) is 7.60. The third-order valence-corrected chi connectivity index (χ3v) is 5.26. The van der Waals surface area contributed by atoms with E-state index < -0.39 is 0 Å². The average Bonchev–Trinajstić information content (AvgIpc) is 2.72. The molecule has 2 rings (SSSR count). The van der Waals surface area contributed by atoms with Crippen molar-refractivity contribution in [3.05, 3.63) is 59.4 Å². The van der Waals surface area contributed by atoms with Gasteiger partial charge in [0.2, 0.25) is 0 Å². The molecular weight excluding hydrogens is 330 g/mol. The highest BCUT2D eigenvalue weighted by Gasteiger charge is 2.10. The summed E-state index contributed by atoms with van der Waals surface area (Å²) in [6, 6.07) is 12.9. The average molecular weight is 368 g/mol. The van der Waals surface area contributed by atoms with Crippen molar-refractivity contribution in [2.24, 2.45) is 0 Å². The van der Waals surface area contributed by atoms with E-state index >= 15 is 0 Å². The molecule has 0 saturated heterocycles. The zero-order chi connectivity index (χ0) is 19.3. The van der Waals surface area contributed by atoms with Crippen LogP contribution < -0.4 is 4.74 Å². The lowest BCUT2D eigenvalue weighted by Gasteiger charge is -2.13. The Balaban J connectivity index is 1.78. The van der Waals surface area contributed by atoms with E-state index in [1.54, 1.807) is 0 Å². The first-order chi connectivity index (χ1) is 13.2. The third-order valence-electron chi connectivity index (χ3n) is 5.26. The van der Waals surface area contributed by atoms with Crippen molar-refractivity contribution in [1.82, 2.24) is 4.98 Å². The Hall–Kier alpha value is -1.83. The minimum absolute atomic E-state index is 0.304. The number of hydrogen-bond donors (Lipinski definition) is 0. The second kappa shape index (κ2) is 12.5. The summed E-state index contributed by atoms with van der Waals surface area (Å²) in [5, 5.41) is 0.